The van der Waals surface area contributed by atoms with E-state index in [-0.39, 0.29) is 12.5 Å². The number of hydrogen-bond donors (Lipinski definition) is 2. The van der Waals surface area contributed by atoms with Gasteiger partial charge in [-0.25, -0.2) is 4.79 Å². The number of aryl methyl sites for hydroxylation is 2. The second-order valence-corrected chi connectivity index (χ2v) is 10.6. The summed E-state index contributed by atoms with van der Waals surface area (Å²) in [5.74, 6) is -0.797. The average Bonchev–Trinajstić information content (AvgIpc) is 3.05. The third-order valence-electron chi connectivity index (χ3n) is 4.81. The topological polar surface area (TPSA) is 67.4 Å². The largest absolute Gasteiger partial charge is 0.462 e. The molecule has 1 aliphatic rings. The fourth-order valence-corrected chi connectivity index (χ4v) is 5.05. The van der Waals surface area contributed by atoms with Gasteiger partial charge in [0.25, 0.3) is 5.91 Å². The standard InChI is InChI=1S/C21H23Cl3N2O3S/c1-3-29-19(28)16-14-9-4-5-10-15(14)30-18(16)26-20(21(22,23)24)25-17(27)13-8-6-7-12(2)11-13/h6-8,11,20,26H,3-5,9-10H2,1-2H3,(H,25,27)/t20-/m1/s1. The molecule has 1 aliphatic carbocycles. The normalized spacial score (nSPS) is 14.6. The van der Waals surface area contributed by atoms with E-state index in [1.165, 1.54) is 11.3 Å². The molecule has 9 heteroatoms. The molecule has 0 unspecified atom stereocenters. The number of nitrogens with one attached hydrogen (secondary N) is 2. The first kappa shape index (κ1) is 23.2. The molecule has 1 atom stereocenters. The van der Waals surface area contributed by atoms with Gasteiger partial charge in [0.1, 0.15) is 11.2 Å². The summed E-state index contributed by atoms with van der Waals surface area (Å²) >= 11 is 20.0. The Morgan fingerprint density at radius 2 is 1.97 bits per heavy atom. The molecule has 0 spiro atoms. The number of anilines is 1. The Hall–Kier alpha value is -1.47. The van der Waals surface area contributed by atoms with Gasteiger partial charge >= 0.3 is 5.97 Å². The number of esters is 1. The average molecular weight is 490 g/mol. The summed E-state index contributed by atoms with van der Waals surface area (Å²) in [7, 11) is 0. The molecule has 30 heavy (non-hydrogen) atoms. The quantitative estimate of drug-likeness (QED) is 0.312. The Labute approximate surface area is 195 Å². The number of ether oxygens (including phenoxy) is 1. The summed E-state index contributed by atoms with van der Waals surface area (Å²) in [6, 6.07) is 7.11. The molecule has 1 heterocycles. The third kappa shape index (κ3) is 5.41. The van der Waals surface area contributed by atoms with Crippen molar-refractivity contribution >= 4 is 63.0 Å². The predicted octanol–water partition coefficient (Wildman–Crippen LogP) is 5.65. The third-order valence-corrected chi connectivity index (χ3v) is 6.69. The zero-order chi connectivity index (χ0) is 21.9. The van der Waals surface area contributed by atoms with Crippen molar-refractivity contribution in [3.63, 3.8) is 0 Å². The minimum atomic E-state index is -1.85. The highest BCUT2D eigenvalue weighted by Crippen LogP contribution is 2.40. The van der Waals surface area contributed by atoms with Crippen molar-refractivity contribution in [3.05, 3.63) is 51.4 Å². The smallest absolute Gasteiger partial charge is 0.341 e. The Bertz CT molecular complexity index is 940. The maximum absolute atomic E-state index is 12.7. The number of alkyl halides is 3. The van der Waals surface area contributed by atoms with Crippen LogP contribution in [0.1, 0.15) is 56.5 Å². The van der Waals surface area contributed by atoms with Gasteiger partial charge in [-0.05, 0) is 57.2 Å². The van der Waals surface area contributed by atoms with Gasteiger partial charge in [0, 0.05) is 10.4 Å². The van der Waals surface area contributed by atoms with Gasteiger partial charge in [-0.15, -0.1) is 11.3 Å². The lowest BCUT2D eigenvalue weighted by molar-refractivity contribution is 0.0526. The van der Waals surface area contributed by atoms with Crippen LogP contribution in [0.2, 0.25) is 0 Å². The van der Waals surface area contributed by atoms with Gasteiger partial charge < -0.3 is 15.4 Å². The molecule has 3 rings (SSSR count). The minimum Gasteiger partial charge on any atom is -0.462 e. The first-order chi connectivity index (χ1) is 14.2. The van der Waals surface area contributed by atoms with Crippen LogP contribution >= 0.6 is 46.1 Å². The van der Waals surface area contributed by atoms with Gasteiger partial charge in [-0.2, -0.15) is 0 Å². The number of carbonyl (C=O) groups excluding carboxylic acids is 2. The number of benzene rings is 1. The molecular weight excluding hydrogens is 467 g/mol. The van der Waals surface area contributed by atoms with Crippen molar-refractivity contribution in [2.45, 2.75) is 49.5 Å². The van der Waals surface area contributed by atoms with Crippen LogP contribution in [0.15, 0.2) is 24.3 Å². The van der Waals surface area contributed by atoms with E-state index >= 15 is 0 Å². The summed E-state index contributed by atoms with van der Waals surface area (Å²) in [5, 5.41) is 6.37. The Balaban J connectivity index is 1.91. The maximum Gasteiger partial charge on any atom is 0.341 e. The molecule has 2 N–H and O–H groups in total. The lowest BCUT2D eigenvalue weighted by Gasteiger charge is -2.27. The number of hydrogen-bond acceptors (Lipinski definition) is 5. The molecule has 0 saturated carbocycles. The van der Waals surface area contributed by atoms with Crippen molar-refractivity contribution in [2.24, 2.45) is 0 Å². The highest BCUT2D eigenvalue weighted by atomic mass is 35.6. The highest BCUT2D eigenvalue weighted by molar-refractivity contribution is 7.16. The van der Waals surface area contributed by atoms with E-state index in [2.05, 4.69) is 10.6 Å². The fourth-order valence-electron chi connectivity index (χ4n) is 3.42. The van der Waals surface area contributed by atoms with Gasteiger partial charge in [0.05, 0.1) is 12.2 Å². The van der Waals surface area contributed by atoms with Crippen molar-refractivity contribution in [2.75, 3.05) is 11.9 Å². The van der Waals surface area contributed by atoms with E-state index in [0.29, 0.717) is 16.1 Å². The molecule has 1 amide bonds. The van der Waals surface area contributed by atoms with Gasteiger partial charge in [0.15, 0.2) is 0 Å². The van der Waals surface area contributed by atoms with Crippen LogP contribution in [-0.2, 0) is 17.6 Å². The molecule has 0 bridgehead atoms. The van der Waals surface area contributed by atoms with Crippen molar-refractivity contribution < 1.29 is 14.3 Å². The Morgan fingerprint density at radius 1 is 1.23 bits per heavy atom. The van der Waals surface area contributed by atoms with E-state index in [1.807, 2.05) is 13.0 Å². The molecule has 0 fully saturated rings. The monoisotopic (exact) mass is 488 g/mol. The molecular formula is C21H23Cl3N2O3S. The van der Waals surface area contributed by atoms with E-state index in [1.54, 1.807) is 25.1 Å². The summed E-state index contributed by atoms with van der Waals surface area (Å²) in [5.41, 5.74) is 2.85. The second kappa shape index (κ2) is 9.77. The van der Waals surface area contributed by atoms with Gasteiger partial charge in [-0.1, -0.05) is 52.5 Å². The SMILES string of the molecule is CCOC(=O)c1c(N[C@@H](NC(=O)c2cccc(C)c2)C(Cl)(Cl)Cl)sc2c1CCCC2. The molecule has 1 aromatic heterocycles. The zero-order valence-electron chi connectivity index (χ0n) is 16.7. The zero-order valence-corrected chi connectivity index (χ0v) is 19.8. The summed E-state index contributed by atoms with van der Waals surface area (Å²) in [6.45, 7) is 3.92. The minimum absolute atomic E-state index is 0.265. The molecule has 5 nitrogen and oxygen atoms in total. The van der Waals surface area contributed by atoms with Crippen LogP contribution in [0, 0.1) is 6.92 Å². The molecule has 1 aromatic carbocycles. The Morgan fingerprint density at radius 3 is 2.63 bits per heavy atom. The molecule has 2 aromatic rings. The molecule has 0 radical (unpaired) electrons. The van der Waals surface area contributed by atoms with Crippen LogP contribution in [0.25, 0.3) is 0 Å². The Kier molecular flexibility index (Phi) is 7.56. The second-order valence-electron chi connectivity index (χ2n) is 7.10. The lowest BCUT2D eigenvalue weighted by Crippen LogP contribution is -2.49. The first-order valence-electron chi connectivity index (χ1n) is 9.73. The lowest BCUT2D eigenvalue weighted by atomic mass is 9.95. The van der Waals surface area contributed by atoms with E-state index < -0.39 is 15.9 Å². The fraction of sp³-hybridized carbons (Fsp3) is 0.429. The molecule has 162 valence electrons. The van der Waals surface area contributed by atoms with Crippen LogP contribution in [0.5, 0.6) is 0 Å². The van der Waals surface area contributed by atoms with Crippen molar-refractivity contribution in [1.29, 1.82) is 0 Å². The van der Waals surface area contributed by atoms with E-state index in [0.717, 1.165) is 41.7 Å². The number of rotatable bonds is 6. The number of halogens is 3. The van der Waals surface area contributed by atoms with Crippen LogP contribution in [-0.4, -0.2) is 28.4 Å². The van der Waals surface area contributed by atoms with Crippen LogP contribution < -0.4 is 10.6 Å². The van der Waals surface area contributed by atoms with Crippen LogP contribution in [0.3, 0.4) is 0 Å². The van der Waals surface area contributed by atoms with E-state index in [4.69, 9.17) is 39.5 Å². The number of fused-ring (bicyclic) bond motifs is 1. The maximum atomic E-state index is 12.7. The predicted molar refractivity (Wildman–Crippen MR) is 123 cm³/mol. The summed E-state index contributed by atoms with van der Waals surface area (Å²) < 4.78 is 3.41. The molecule has 0 aliphatic heterocycles. The number of thiophene rings is 1. The number of carbonyl (C=O) groups is 2. The number of amides is 1. The van der Waals surface area contributed by atoms with Crippen molar-refractivity contribution in [1.82, 2.24) is 5.32 Å². The van der Waals surface area contributed by atoms with Crippen molar-refractivity contribution in [3.8, 4) is 0 Å². The first-order valence-corrected chi connectivity index (χ1v) is 11.7. The van der Waals surface area contributed by atoms with E-state index in [9.17, 15) is 9.59 Å². The summed E-state index contributed by atoms with van der Waals surface area (Å²) in [6.07, 6.45) is 2.71. The highest BCUT2D eigenvalue weighted by Gasteiger charge is 2.37. The van der Waals surface area contributed by atoms with Gasteiger partial charge in [0.2, 0.25) is 3.79 Å². The van der Waals surface area contributed by atoms with Gasteiger partial charge in [-0.3, -0.25) is 4.79 Å². The summed E-state index contributed by atoms with van der Waals surface area (Å²) in [4.78, 5) is 26.5. The molecule has 0 saturated heterocycles. The van der Waals surface area contributed by atoms with Crippen LogP contribution in [0.4, 0.5) is 5.00 Å².